The summed E-state index contributed by atoms with van der Waals surface area (Å²) in [5, 5.41) is 19.2. The Hall–Kier alpha value is -3.55. The molecule has 0 aliphatic carbocycles. The van der Waals surface area contributed by atoms with Crippen LogP contribution in [0.1, 0.15) is 34.6 Å². The number of piperidine rings is 1. The van der Waals surface area contributed by atoms with Crippen LogP contribution in [0.15, 0.2) is 54.6 Å². The Morgan fingerprint density at radius 3 is 2.57 bits per heavy atom. The van der Waals surface area contributed by atoms with Gasteiger partial charge in [-0.2, -0.15) is 0 Å². The fraction of sp³-hybridized carbons (Fsp3) is 0.318. The highest BCUT2D eigenvalue weighted by Crippen LogP contribution is 2.24. The quantitative estimate of drug-likeness (QED) is 0.478. The average Bonchev–Trinajstić information content (AvgIpc) is 3.16. The van der Waals surface area contributed by atoms with Crippen molar-refractivity contribution in [2.45, 2.75) is 26.2 Å². The number of benzene rings is 2. The van der Waals surface area contributed by atoms with Crippen LogP contribution in [0.25, 0.3) is 5.69 Å². The highest BCUT2D eigenvalue weighted by molar-refractivity contribution is 5.93. The highest BCUT2D eigenvalue weighted by Gasteiger charge is 2.27. The number of nitro benzene ring substituents is 1. The smallest absolute Gasteiger partial charge is 0.276 e. The highest BCUT2D eigenvalue weighted by atomic mass is 16.6. The molecule has 0 bridgehead atoms. The van der Waals surface area contributed by atoms with E-state index in [-0.39, 0.29) is 11.6 Å². The molecule has 0 spiro atoms. The van der Waals surface area contributed by atoms with E-state index >= 15 is 0 Å². The number of rotatable bonds is 5. The van der Waals surface area contributed by atoms with E-state index in [9.17, 15) is 14.9 Å². The minimum Gasteiger partial charge on any atom is -0.337 e. The number of carbonyl (C=O) groups excluding carboxylic acids is 1. The van der Waals surface area contributed by atoms with Gasteiger partial charge in [-0.15, -0.1) is 5.10 Å². The fourth-order valence-corrected chi connectivity index (χ4v) is 3.95. The molecule has 0 radical (unpaired) electrons. The van der Waals surface area contributed by atoms with E-state index in [1.54, 1.807) is 19.1 Å². The molecule has 154 valence electrons. The number of carbonyl (C=O) groups is 1. The van der Waals surface area contributed by atoms with Crippen molar-refractivity contribution in [2.75, 3.05) is 13.1 Å². The summed E-state index contributed by atoms with van der Waals surface area (Å²) >= 11 is 0. The third-order valence-electron chi connectivity index (χ3n) is 5.65. The zero-order valence-electron chi connectivity index (χ0n) is 16.8. The topological polar surface area (TPSA) is 94.2 Å². The van der Waals surface area contributed by atoms with E-state index < -0.39 is 4.92 Å². The van der Waals surface area contributed by atoms with Crippen LogP contribution in [-0.4, -0.2) is 43.8 Å². The summed E-state index contributed by atoms with van der Waals surface area (Å²) in [6.45, 7) is 3.15. The number of nitrogens with zero attached hydrogens (tertiary/aromatic N) is 5. The monoisotopic (exact) mass is 405 g/mol. The van der Waals surface area contributed by atoms with Crippen molar-refractivity contribution < 1.29 is 9.72 Å². The Labute approximate surface area is 174 Å². The fourth-order valence-electron chi connectivity index (χ4n) is 3.95. The number of hydrogen-bond acceptors (Lipinski definition) is 5. The molecule has 1 saturated heterocycles. The predicted octanol–water partition coefficient (Wildman–Crippen LogP) is 3.58. The van der Waals surface area contributed by atoms with Crippen molar-refractivity contribution >= 4 is 11.6 Å². The minimum atomic E-state index is -0.457. The van der Waals surface area contributed by atoms with Crippen LogP contribution in [0.4, 0.5) is 5.69 Å². The lowest BCUT2D eigenvalue weighted by Gasteiger charge is -2.31. The largest absolute Gasteiger partial charge is 0.337 e. The molecule has 8 nitrogen and oxygen atoms in total. The Balaban J connectivity index is 1.44. The molecule has 30 heavy (non-hydrogen) atoms. The molecular weight excluding hydrogens is 382 g/mol. The molecule has 0 saturated carbocycles. The maximum Gasteiger partial charge on any atom is 0.276 e. The van der Waals surface area contributed by atoms with Crippen molar-refractivity contribution in [1.29, 1.82) is 0 Å². The second-order valence-corrected chi connectivity index (χ2v) is 7.64. The van der Waals surface area contributed by atoms with Gasteiger partial charge in [0.1, 0.15) is 0 Å². The van der Waals surface area contributed by atoms with E-state index in [2.05, 4.69) is 34.6 Å². The Bertz CT molecular complexity index is 1060. The van der Waals surface area contributed by atoms with Crippen molar-refractivity contribution in [3.8, 4) is 5.69 Å². The lowest BCUT2D eigenvalue weighted by atomic mass is 9.90. The summed E-state index contributed by atoms with van der Waals surface area (Å²) in [5.41, 5.74) is 2.68. The molecule has 4 rings (SSSR count). The number of nitro groups is 1. The van der Waals surface area contributed by atoms with Crippen LogP contribution >= 0.6 is 0 Å². The third-order valence-corrected chi connectivity index (χ3v) is 5.65. The first-order chi connectivity index (χ1) is 14.5. The molecule has 1 aliphatic heterocycles. The maximum absolute atomic E-state index is 13.0. The summed E-state index contributed by atoms with van der Waals surface area (Å²) in [7, 11) is 0. The Morgan fingerprint density at radius 2 is 1.87 bits per heavy atom. The van der Waals surface area contributed by atoms with E-state index in [0.29, 0.717) is 36.1 Å². The van der Waals surface area contributed by atoms with Gasteiger partial charge in [-0.1, -0.05) is 41.6 Å². The van der Waals surface area contributed by atoms with E-state index in [1.165, 1.54) is 22.4 Å². The summed E-state index contributed by atoms with van der Waals surface area (Å²) < 4.78 is 1.47. The Morgan fingerprint density at radius 1 is 1.13 bits per heavy atom. The van der Waals surface area contributed by atoms with Gasteiger partial charge in [0, 0.05) is 25.2 Å². The second-order valence-electron chi connectivity index (χ2n) is 7.64. The average molecular weight is 405 g/mol. The van der Waals surface area contributed by atoms with Crippen LogP contribution in [0.3, 0.4) is 0 Å². The summed E-state index contributed by atoms with van der Waals surface area (Å²) in [6, 6.07) is 16.6. The number of hydrogen-bond donors (Lipinski definition) is 0. The molecule has 2 aromatic carbocycles. The first-order valence-electron chi connectivity index (χ1n) is 10.0. The molecule has 0 atom stereocenters. The molecule has 8 heteroatoms. The van der Waals surface area contributed by atoms with Crippen LogP contribution in [0, 0.1) is 23.0 Å². The predicted molar refractivity (Wildman–Crippen MR) is 112 cm³/mol. The second kappa shape index (κ2) is 8.44. The molecule has 1 amide bonds. The zero-order chi connectivity index (χ0) is 21.1. The van der Waals surface area contributed by atoms with Gasteiger partial charge in [-0.3, -0.25) is 14.9 Å². The minimum absolute atomic E-state index is 0.0317. The zero-order valence-corrected chi connectivity index (χ0v) is 16.8. The summed E-state index contributed by atoms with van der Waals surface area (Å²) in [5.74, 6) is 0.431. The number of aromatic nitrogens is 3. The van der Waals surface area contributed by atoms with Crippen molar-refractivity contribution in [2.24, 2.45) is 5.92 Å². The molecule has 0 N–H and O–H groups in total. The van der Waals surface area contributed by atoms with E-state index in [4.69, 9.17) is 0 Å². The molecular formula is C22H23N5O3. The van der Waals surface area contributed by atoms with Gasteiger partial charge in [-0.05, 0) is 43.7 Å². The van der Waals surface area contributed by atoms with Crippen molar-refractivity contribution in [1.82, 2.24) is 19.9 Å². The van der Waals surface area contributed by atoms with Gasteiger partial charge in [0.2, 0.25) is 0 Å². The first-order valence-corrected chi connectivity index (χ1v) is 10.0. The van der Waals surface area contributed by atoms with Gasteiger partial charge < -0.3 is 4.90 Å². The van der Waals surface area contributed by atoms with Crippen LogP contribution in [-0.2, 0) is 6.42 Å². The van der Waals surface area contributed by atoms with Gasteiger partial charge in [-0.25, -0.2) is 4.68 Å². The summed E-state index contributed by atoms with van der Waals surface area (Å²) in [4.78, 5) is 25.4. The lowest BCUT2D eigenvalue weighted by Crippen LogP contribution is -2.39. The third kappa shape index (κ3) is 4.07. The van der Waals surface area contributed by atoms with Crippen LogP contribution in [0.5, 0.6) is 0 Å². The SMILES string of the molecule is Cc1c(C(=O)N2CCC(Cc3ccccc3)CC2)nnn1-c1cccc([N+](=O)[O-])c1. The van der Waals surface area contributed by atoms with Crippen LogP contribution in [0.2, 0.25) is 0 Å². The normalized spacial score (nSPS) is 14.6. The number of amides is 1. The van der Waals surface area contributed by atoms with Crippen molar-refractivity contribution in [3.63, 3.8) is 0 Å². The standard InChI is InChI=1S/C22H23N5O3/c1-16-21(23-24-26(16)19-8-5-9-20(15-19)27(29)30)22(28)25-12-10-18(11-13-25)14-17-6-3-2-4-7-17/h2-9,15,18H,10-14H2,1H3. The van der Waals surface area contributed by atoms with Gasteiger partial charge in [0.15, 0.2) is 5.69 Å². The molecule has 3 aromatic rings. The Kier molecular flexibility index (Phi) is 5.56. The number of non-ortho nitro benzene ring substituents is 1. The maximum atomic E-state index is 13.0. The first kappa shape index (κ1) is 19.8. The molecule has 1 fully saturated rings. The van der Waals surface area contributed by atoms with E-state index in [0.717, 1.165) is 19.3 Å². The van der Waals surface area contributed by atoms with Gasteiger partial charge in [0.05, 0.1) is 16.3 Å². The molecule has 0 unspecified atom stereocenters. The van der Waals surface area contributed by atoms with Gasteiger partial charge in [0.25, 0.3) is 11.6 Å². The number of likely N-dealkylation sites (tertiary alicyclic amines) is 1. The molecule has 1 aromatic heterocycles. The van der Waals surface area contributed by atoms with E-state index in [1.807, 2.05) is 11.0 Å². The molecule has 2 heterocycles. The molecule has 1 aliphatic rings. The summed E-state index contributed by atoms with van der Waals surface area (Å²) in [6.07, 6.45) is 2.95. The van der Waals surface area contributed by atoms with Crippen LogP contribution < -0.4 is 0 Å². The van der Waals surface area contributed by atoms with Gasteiger partial charge >= 0.3 is 0 Å². The van der Waals surface area contributed by atoms with Crippen molar-refractivity contribution in [3.05, 3.63) is 81.7 Å². The lowest BCUT2D eigenvalue weighted by molar-refractivity contribution is -0.384.